The van der Waals surface area contributed by atoms with Crippen molar-refractivity contribution in [1.82, 2.24) is 9.91 Å². The molecule has 0 bridgehead atoms. The Morgan fingerprint density at radius 1 is 1.30 bits per heavy atom. The molecule has 0 atom stereocenters. The molecule has 4 heteroatoms. The average molecular weight is 142 g/mol. The molecule has 10 heavy (non-hydrogen) atoms. The fourth-order valence-corrected chi connectivity index (χ4v) is 1.01. The molecule has 1 aliphatic rings. The smallest absolute Gasteiger partial charge is 0.106 e. The van der Waals surface area contributed by atoms with Gasteiger partial charge in [0.2, 0.25) is 0 Å². The molecule has 1 saturated heterocycles. The molecule has 0 spiro atoms. The number of hydrazone groups is 1. The van der Waals surface area contributed by atoms with Crippen molar-refractivity contribution >= 4 is 6.34 Å². The zero-order chi connectivity index (χ0) is 7.40. The largest absolute Gasteiger partial charge is 0.388 e. The first-order valence-corrected chi connectivity index (χ1v) is 3.50. The highest BCUT2D eigenvalue weighted by Gasteiger charge is 2.10. The van der Waals surface area contributed by atoms with Crippen molar-refractivity contribution in [2.75, 3.05) is 33.2 Å². The van der Waals surface area contributed by atoms with Crippen molar-refractivity contribution in [2.45, 2.75) is 0 Å². The molecule has 2 N–H and O–H groups in total. The van der Waals surface area contributed by atoms with E-state index in [1.165, 1.54) is 6.34 Å². The van der Waals surface area contributed by atoms with Crippen molar-refractivity contribution in [3.05, 3.63) is 0 Å². The van der Waals surface area contributed by atoms with E-state index in [1.807, 2.05) is 5.01 Å². The topological polar surface area (TPSA) is 44.9 Å². The van der Waals surface area contributed by atoms with Crippen LogP contribution in [0.1, 0.15) is 0 Å². The Labute approximate surface area is 61.3 Å². The van der Waals surface area contributed by atoms with Crippen LogP contribution in [0.5, 0.6) is 0 Å². The van der Waals surface area contributed by atoms with E-state index in [1.54, 1.807) is 0 Å². The summed E-state index contributed by atoms with van der Waals surface area (Å²) >= 11 is 0. The van der Waals surface area contributed by atoms with Gasteiger partial charge in [-0.2, -0.15) is 5.10 Å². The first-order valence-electron chi connectivity index (χ1n) is 3.50. The first-order chi connectivity index (χ1) is 4.83. The number of rotatable bonds is 1. The summed E-state index contributed by atoms with van der Waals surface area (Å²) in [6.07, 6.45) is 1.35. The van der Waals surface area contributed by atoms with E-state index >= 15 is 0 Å². The molecule has 1 heterocycles. The van der Waals surface area contributed by atoms with Gasteiger partial charge in [0.15, 0.2) is 0 Å². The van der Waals surface area contributed by atoms with E-state index in [-0.39, 0.29) is 0 Å². The van der Waals surface area contributed by atoms with Crippen molar-refractivity contribution in [2.24, 2.45) is 10.8 Å². The maximum atomic E-state index is 5.15. The molecule has 0 radical (unpaired) electrons. The third-order valence-electron chi connectivity index (χ3n) is 1.71. The first kappa shape index (κ1) is 7.34. The predicted molar refractivity (Wildman–Crippen MR) is 41.7 cm³/mol. The minimum atomic E-state index is 0.990. The highest BCUT2D eigenvalue weighted by atomic mass is 15.5. The van der Waals surface area contributed by atoms with E-state index in [9.17, 15) is 0 Å². The summed E-state index contributed by atoms with van der Waals surface area (Å²) in [5.74, 6) is 0. The fraction of sp³-hybridized carbons (Fsp3) is 0.833. The van der Waals surface area contributed by atoms with Crippen LogP contribution < -0.4 is 5.73 Å². The summed E-state index contributed by atoms with van der Waals surface area (Å²) in [7, 11) is 2.11. The minimum absolute atomic E-state index is 0.990. The van der Waals surface area contributed by atoms with Crippen LogP contribution in [0.4, 0.5) is 0 Å². The molecule has 0 aliphatic carbocycles. The summed E-state index contributed by atoms with van der Waals surface area (Å²) < 4.78 is 0. The van der Waals surface area contributed by atoms with Crippen LogP contribution in [-0.2, 0) is 0 Å². The van der Waals surface area contributed by atoms with Gasteiger partial charge in [-0.15, -0.1) is 0 Å². The summed E-state index contributed by atoms with van der Waals surface area (Å²) in [5, 5.41) is 5.96. The highest BCUT2D eigenvalue weighted by Crippen LogP contribution is 1.97. The Bertz CT molecular complexity index is 115. The van der Waals surface area contributed by atoms with Crippen LogP contribution in [0.3, 0.4) is 0 Å². The lowest BCUT2D eigenvalue weighted by Crippen LogP contribution is -2.42. The number of nitrogens with zero attached hydrogens (tertiary/aromatic N) is 3. The Kier molecular flexibility index (Phi) is 2.50. The van der Waals surface area contributed by atoms with E-state index in [0.29, 0.717) is 0 Å². The van der Waals surface area contributed by atoms with Crippen LogP contribution >= 0.6 is 0 Å². The number of piperazine rings is 1. The van der Waals surface area contributed by atoms with Gasteiger partial charge in [0.05, 0.1) is 0 Å². The summed E-state index contributed by atoms with van der Waals surface area (Å²) in [6, 6.07) is 0. The van der Waals surface area contributed by atoms with Gasteiger partial charge >= 0.3 is 0 Å². The third kappa shape index (κ3) is 1.88. The number of hydrogen-bond donors (Lipinski definition) is 1. The maximum absolute atomic E-state index is 5.15. The zero-order valence-corrected chi connectivity index (χ0v) is 6.32. The third-order valence-corrected chi connectivity index (χ3v) is 1.71. The summed E-state index contributed by atoms with van der Waals surface area (Å²) in [4.78, 5) is 2.28. The van der Waals surface area contributed by atoms with Gasteiger partial charge in [-0.05, 0) is 7.05 Å². The second-order valence-electron chi connectivity index (χ2n) is 2.52. The second-order valence-corrected chi connectivity index (χ2v) is 2.52. The van der Waals surface area contributed by atoms with E-state index in [0.717, 1.165) is 26.2 Å². The molecule has 1 rings (SSSR count). The molecule has 0 aromatic rings. The Balaban J connectivity index is 2.26. The average Bonchev–Trinajstić information content (AvgIpc) is 1.95. The van der Waals surface area contributed by atoms with Gasteiger partial charge in [-0.25, -0.2) is 0 Å². The van der Waals surface area contributed by atoms with E-state index < -0.39 is 0 Å². The predicted octanol–water partition coefficient (Wildman–Crippen LogP) is -0.864. The molecule has 0 aromatic carbocycles. The molecule has 0 amide bonds. The second kappa shape index (κ2) is 3.41. The monoisotopic (exact) mass is 142 g/mol. The van der Waals surface area contributed by atoms with Crippen molar-refractivity contribution in [3.8, 4) is 0 Å². The summed E-state index contributed by atoms with van der Waals surface area (Å²) in [5.41, 5.74) is 5.15. The molecule has 0 unspecified atom stereocenters. The van der Waals surface area contributed by atoms with Gasteiger partial charge in [0.25, 0.3) is 0 Å². The lowest BCUT2D eigenvalue weighted by atomic mass is 10.4. The SMILES string of the molecule is CN1CCN(N=CN)CC1. The van der Waals surface area contributed by atoms with Gasteiger partial charge in [-0.3, -0.25) is 5.01 Å². The van der Waals surface area contributed by atoms with Crippen LogP contribution in [0.2, 0.25) is 0 Å². The van der Waals surface area contributed by atoms with E-state index in [4.69, 9.17) is 5.73 Å². The number of likely N-dealkylation sites (N-methyl/N-ethyl adjacent to an activating group) is 1. The van der Waals surface area contributed by atoms with Gasteiger partial charge in [0, 0.05) is 26.2 Å². The molecule has 4 nitrogen and oxygen atoms in total. The fourth-order valence-electron chi connectivity index (χ4n) is 1.01. The molecule has 0 aromatic heterocycles. The number of nitrogens with two attached hydrogens (primary N) is 1. The van der Waals surface area contributed by atoms with Gasteiger partial charge in [-0.1, -0.05) is 0 Å². The van der Waals surface area contributed by atoms with Crippen LogP contribution in [0, 0.1) is 0 Å². The van der Waals surface area contributed by atoms with E-state index in [2.05, 4.69) is 17.0 Å². The summed E-state index contributed by atoms with van der Waals surface area (Å²) in [6.45, 7) is 4.14. The maximum Gasteiger partial charge on any atom is 0.106 e. The number of hydrogen-bond acceptors (Lipinski definition) is 3. The van der Waals surface area contributed by atoms with Crippen LogP contribution in [0.25, 0.3) is 0 Å². The molecular formula is C6H14N4. The van der Waals surface area contributed by atoms with Gasteiger partial charge in [0.1, 0.15) is 6.34 Å². The van der Waals surface area contributed by atoms with Gasteiger partial charge < -0.3 is 10.6 Å². The minimum Gasteiger partial charge on any atom is -0.388 e. The molecular weight excluding hydrogens is 128 g/mol. The normalized spacial score (nSPS) is 22.3. The zero-order valence-electron chi connectivity index (χ0n) is 6.32. The van der Waals surface area contributed by atoms with Crippen LogP contribution in [0.15, 0.2) is 5.10 Å². The molecule has 58 valence electrons. The lowest BCUT2D eigenvalue weighted by Gasteiger charge is -2.29. The van der Waals surface area contributed by atoms with Crippen molar-refractivity contribution in [3.63, 3.8) is 0 Å². The Hall–Kier alpha value is -0.770. The Morgan fingerprint density at radius 3 is 2.40 bits per heavy atom. The lowest BCUT2D eigenvalue weighted by molar-refractivity contribution is 0.159. The van der Waals surface area contributed by atoms with Crippen molar-refractivity contribution < 1.29 is 0 Å². The van der Waals surface area contributed by atoms with Crippen LogP contribution in [-0.4, -0.2) is 49.5 Å². The molecule has 0 saturated carbocycles. The molecule has 1 fully saturated rings. The molecule has 1 aliphatic heterocycles. The standard InChI is InChI=1S/C6H14N4/c1-9-2-4-10(5-3-9)8-6-7/h6H,2-5H2,1H3,(H2,7,8). The quantitative estimate of drug-likeness (QED) is 0.382. The highest BCUT2D eigenvalue weighted by molar-refractivity contribution is 5.50. The van der Waals surface area contributed by atoms with Crippen molar-refractivity contribution in [1.29, 1.82) is 0 Å². The Morgan fingerprint density at radius 2 is 1.90 bits per heavy atom.